The molecule has 1 unspecified atom stereocenters. The summed E-state index contributed by atoms with van der Waals surface area (Å²) in [4.78, 5) is 0.740. The Labute approximate surface area is 92.3 Å². The Hall–Kier alpha value is -0.380. The minimum atomic E-state index is -1.17. The highest BCUT2D eigenvalue weighted by atomic mass is 35.5. The quantitative estimate of drug-likeness (QED) is 0.833. The van der Waals surface area contributed by atoms with Crippen molar-refractivity contribution in [2.75, 3.05) is 0 Å². The largest absolute Gasteiger partial charge is 0.237 e. The molecule has 0 aliphatic rings. The second kappa shape index (κ2) is 4.43. The second-order valence-electron chi connectivity index (χ2n) is 4.07. The first-order chi connectivity index (χ1) is 6.38. The highest BCUT2D eigenvalue weighted by Crippen LogP contribution is 2.13. The van der Waals surface area contributed by atoms with E-state index in [1.54, 1.807) is 24.3 Å². The second-order valence-corrected chi connectivity index (χ2v) is 5.72. The van der Waals surface area contributed by atoms with Crippen LogP contribution in [-0.4, -0.2) is 9.75 Å². The summed E-state index contributed by atoms with van der Waals surface area (Å²) in [6.45, 7) is 5.92. The number of rotatable bonds is 2. The summed E-state index contributed by atoms with van der Waals surface area (Å²) in [7, 11) is -1.17. The fourth-order valence-electron chi connectivity index (χ4n) is 0.895. The minimum Gasteiger partial charge on any atom is -0.237 e. The van der Waals surface area contributed by atoms with Crippen LogP contribution in [0.5, 0.6) is 0 Å². The summed E-state index contributed by atoms with van der Waals surface area (Å²) in [6.07, 6.45) is 0. The van der Waals surface area contributed by atoms with E-state index in [0.717, 1.165) is 4.90 Å². The van der Waals surface area contributed by atoms with E-state index in [2.05, 4.69) is 4.72 Å². The molecular formula is C10H14ClNOS. The predicted octanol–water partition coefficient (Wildman–Crippen LogP) is 2.75. The number of halogens is 1. The Kier molecular flexibility index (Phi) is 3.70. The number of hydrogen-bond acceptors (Lipinski definition) is 1. The molecular weight excluding hydrogens is 218 g/mol. The van der Waals surface area contributed by atoms with Crippen LogP contribution in [0.15, 0.2) is 29.2 Å². The van der Waals surface area contributed by atoms with Crippen LogP contribution in [0, 0.1) is 0 Å². The molecule has 0 spiro atoms. The summed E-state index contributed by atoms with van der Waals surface area (Å²) >= 11 is 5.73. The molecule has 0 radical (unpaired) electrons. The first kappa shape index (κ1) is 11.7. The van der Waals surface area contributed by atoms with Crippen LogP contribution in [0.4, 0.5) is 0 Å². The maximum atomic E-state index is 11.7. The Morgan fingerprint density at radius 2 is 1.71 bits per heavy atom. The van der Waals surface area contributed by atoms with Crippen LogP contribution in [0.25, 0.3) is 0 Å². The summed E-state index contributed by atoms with van der Waals surface area (Å²) in [5.41, 5.74) is -0.162. The number of nitrogens with one attached hydrogen (secondary N) is 1. The van der Waals surface area contributed by atoms with Gasteiger partial charge in [0.2, 0.25) is 0 Å². The molecule has 0 amide bonds. The molecule has 0 saturated heterocycles. The van der Waals surface area contributed by atoms with Crippen molar-refractivity contribution in [3.05, 3.63) is 29.3 Å². The van der Waals surface area contributed by atoms with Gasteiger partial charge in [0.25, 0.3) is 0 Å². The molecule has 4 heteroatoms. The van der Waals surface area contributed by atoms with Gasteiger partial charge < -0.3 is 0 Å². The van der Waals surface area contributed by atoms with E-state index in [1.165, 1.54) is 0 Å². The van der Waals surface area contributed by atoms with Gasteiger partial charge in [-0.1, -0.05) is 11.6 Å². The molecule has 0 aliphatic carbocycles. The average molecular weight is 232 g/mol. The van der Waals surface area contributed by atoms with E-state index >= 15 is 0 Å². The smallest absolute Gasteiger partial charge is 0.125 e. The van der Waals surface area contributed by atoms with Crippen molar-refractivity contribution in [2.45, 2.75) is 31.2 Å². The number of hydrogen-bond donors (Lipinski definition) is 1. The molecule has 0 saturated carbocycles. The Bertz CT molecular complexity index is 329. The molecule has 78 valence electrons. The van der Waals surface area contributed by atoms with Gasteiger partial charge in [0.15, 0.2) is 0 Å². The SMILES string of the molecule is CC(C)(C)NS(=O)c1ccc(Cl)cc1. The first-order valence-electron chi connectivity index (χ1n) is 4.34. The molecule has 1 N–H and O–H groups in total. The highest BCUT2D eigenvalue weighted by molar-refractivity contribution is 7.83. The van der Waals surface area contributed by atoms with Crippen LogP contribution in [0.3, 0.4) is 0 Å². The van der Waals surface area contributed by atoms with Gasteiger partial charge in [-0.2, -0.15) is 0 Å². The molecule has 0 aliphatic heterocycles. The van der Waals surface area contributed by atoms with E-state index in [0.29, 0.717) is 5.02 Å². The van der Waals surface area contributed by atoms with Crippen LogP contribution in [0.2, 0.25) is 5.02 Å². The third kappa shape index (κ3) is 3.78. The molecule has 0 bridgehead atoms. The summed E-state index contributed by atoms with van der Waals surface area (Å²) < 4.78 is 14.7. The van der Waals surface area contributed by atoms with Crippen molar-refractivity contribution in [1.29, 1.82) is 0 Å². The van der Waals surface area contributed by atoms with E-state index < -0.39 is 11.0 Å². The minimum absolute atomic E-state index is 0.162. The van der Waals surface area contributed by atoms with Crippen LogP contribution < -0.4 is 4.72 Å². The maximum Gasteiger partial charge on any atom is 0.125 e. The standard InChI is InChI=1S/C10H14ClNOS/c1-10(2,3)12-14(13)9-6-4-8(11)5-7-9/h4-7,12H,1-3H3. The van der Waals surface area contributed by atoms with Gasteiger partial charge in [-0.25, -0.2) is 8.93 Å². The molecule has 1 atom stereocenters. The zero-order valence-electron chi connectivity index (χ0n) is 8.50. The zero-order valence-corrected chi connectivity index (χ0v) is 10.1. The van der Waals surface area contributed by atoms with Crippen molar-refractivity contribution in [3.63, 3.8) is 0 Å². The van der Waals surface area contributed by atoms with Gasteiger partial charge in [-0.15, -0.1) is 0 Å². The molecule has 2 nitrogen and oxygen atoms in total. The number of benzene rings is 1. The van der Waals surface area contributed by atoms with Gasteiger partial charge in [0.1, 0.15) is 11.0 Å². The Morgan fingerprint density at radius 3 is 2.14 bits per heavy atom. The van der Waals surface area contributed by atoms with Crippen molar-refractivity contribution >= 4 is 22.6 Å². The van der Waals surface area contributed by atoms with Crippen LogP contribution >= 0.6 is 11.6 Å². The van der Waals surface area contributed by atoms with Crippen LogP contribution in [-0.2, 0) is 11.0 Å². The molecule has 14 heavy (non-hydrogen) atoms. The van der Waals surface area contributed by atoms with Gasteiger partial charge in [0, 0.05) is 10.6 Å². The van der Waals surface area contributed by atoms with Crippen LogP contribution in [0.1, 0.15) is 20.8 Å². The highest BCUT2D eigenvalue weighted by Gasteiger charge is 2.14. The molecule has 0 heterocycles. The van der Waals surface area contributed by atoms with E-state index in [-0.39, 0.29) is 5.54 Å². The topological polar surface area (TPSA) is 29.1 Å². The third-order valence-electron chi connectivity index (χ3n) is 1.43. The lowest BCUT2D eigenvalue weighted by Crippen LogP contribution is -2.37. The molecule has 1 aromatic rings. The fourth-order valence-corrected chi connectivity index (χ4v) is 2.08. The van der Waals surface area contributed by atoms with E-state index in [1.807, 2.05) is 20.8 Å². The Morgan fingerprint density at radius 1 is 1.21 bits per heavy atom. The average Bonchev–Trinajstić information content (AvgIpc) is 2.02. The third-order valence-corrected chi connectivity index (χ3v) is 3.18. The van der Waals surface area contributed by atoms with Crippen molar-refractivity contribution in [3.8, 4) is 0 Å². The molecule has 1 rings (SSSR count). The summed E-state index contributed by atoms with van der Waals surface area (Å²) in [5, 5.41) is 0.654. The van der Waals surface area contributed by atoms with Gasteiger partial charge in [-0.05, 0) is 45.0 Å². The van der Waals surface area contributed by atoms with E-state index in [4.69, 9.17) is 11.6 Å². The van der Waals surface area contributed by atoms with E-state index in [9.17, 15) is 4.21 Å². The monoisotopic (exact) mass is 231 g/mol. The Balaban J connectivity index is 2.76. The molecule has 0 aromatic heterocycles. The maximum absolute atomic E-state index is 11.7. The fraction of sp³-hybridized carbons (Fsp3) is 0.400. The molecule has 0 fully saturated rings. The zero-order chi connectivity index (χ0) is 10.8. The van der Waals surface area contributed by atoms with Gasteiger partial charge in [-0.3, -0.25) is 0 Å². The van der Waals surface area contributed by atoms with Crippen molar-refractivity contribution in [1.82, 2.24) is 4.72 Å². The van der Waals surface area contributed by atoms with Crippen molar-refractivity contribution in [2.24, 2.45) is 0 Å². The van der Waals surface area contributed by atoms with Gasteiger partial charge >= 0.3 is 0 Å². The lowest BCUT2D eigenvalue weighted by atomic mass is 10.1. The lowest BCUT2D eigenvalue weighted by molar-refractivity contribution is 0.519. The molecule has 1 aromatic carbocycles. The normalized spacial score (nSPS) is 14.0. The summed E-state index contributed by atoms with van der Waals surface area (Å²) in [5.74, 6) is 0. The van der Waals surface area contributed by atoms with Crippen molar-refractivity contribution < 1.29 is 4.21 Å². The first-order valence-corrected chi connectivity index (χ1v) is 5.86. The predicted molar refractivity (Wildman–Crippen MR) is 60.7 cm³/mol. The summed E-state index contributed by atoms with van der Waals surface area (Å²) in [6, 6.07) is 6.99. The van der Waals surface area contributed by atoms with Gasteiger partial charge in [0.05, 0.1) is 4.90 Å². The lowest BCUT2D eigenvalue weighted by Gasteiger charge is -2.19.